The van der Waals surface area contributed by atoms with Gasteiger partial charge in [0.1, 0.15) is 0 Å². The summed E-state index contributed by atoms with van der Waals surface area (Å²) in [6, 6.07) is 15.2. The van der Waals surface area contributed by atoms with Gasteiger partial charge in [0, 0.05) is 38.4 Å². The fourth-order valence-corrected chi connectivity index (χ4v) is 3.37. The first kappa shape index (κ1) is 20.8. The first-order valence-electron chi connectivity index (χ1n) is 8.79. The molecule has 0 aliphatic rings. The molecule has 0 atom stereocenters. The standard InChI is InChI=1S/C20H27N3O3S/c1-16-18(12-8-13-19(16)23(3)27(4,25)26)20(24)21-14-9-15-22(2)17-10-6-5-7-11-17/h5-8,10-13H,9,14-15H2,1-4H3,(H,21,24). The molecule has 0 fully saturated rings. The van der Waals surface area contributed by atoms with Crippen LogP contribution in [0.5, 0.6) is 0 Å². The molecule has 27 heavy (non-hydrogen) atoms. The molecule has 0 saturated heterocycles. The van der Waals surface area contributed by atoms with Gasteiger partial charge >= 0.3 is 0 Å². The number of nitrogens with zero attached hydrogens (tertiary/aromatic N) is 2. The van der Waals surface area contributed by atoms with Gasteiger partial charge in [0.2, 0.25) is 10.0 Å². The maximum atomic E-state index is 12.5. The summed E-state index contributed by atoms with van der Waals surface area (Å²) in [5, 5.41) is 2.92. The van der Waals surface area contributed by atoms with Crippen molar-refractivity contribution in [3.63, 3.8) is 0 Å². The average molecular weight is 390 g/mol. The number of benzene rings is 2. The van der Waals surface area contributed by atoms with E-state index in [1.807, 2.05) is 37.4 Å². The molecular weight excluding hydrogens is 362 g/mol. The van der Waals surface area contributed by atoms with Crippen LogP contribution in [0.1, 0.15) is 22.3 Å². The third-order valence-corrected chi connectivity index (χ3v) is 5.73. The number of nitrogens with one attached hydrogen (secondary N) is 1. The van der Waals surface area contributed by atoms with Gasteiger partial charge in [-0.3, -0.25) is 9.10 Å². The van der Waals surface area contributed by atoms with Gasteiger partial charge in [-0.1, -0.05) is 24.3 Å². The summed E-state index contributed by atoms with van der Waals surface area (Å²) in [5.41, 5.74) is 2.77. The van der Waals surface area contributed by atoms with Crippen molar-refractivity contribution in [3.8, 4) is 0 Å². The van der Waals surface area contributed by atoms with Crippen molar-refractivity contribution in [1.29, 1.82) is 0 Å². The van der Waals surface area contributed by atoms with Crippen molar-refractivity contribution in [2.24, 2.45) is 0 Å². The lowest BCUT2D eigenvalue weighted by atomic mass is 10.1. The number of hydrogen-bond donors (Lipinski definition) is 1. The maximum absolute atomic E-state index is 12.5. The molecule has 0 aromatic heterocycles. The second-order valence-electron chi connectivity index (χ2n) is 6.55. The van der Waals surface area contributed by atoms with Gasteiger partial charge in [0.15, 0.2) is 0 Å². The maximum Gasteiger partial charge on any atom is 0.251 e. The van der Waals surface area contributed by atoms with Crippen LogP contribution in [-0.4, -0.2) is 47.8 Å². The van der Waals surface area contributed by atoms with Gasteiger partial charge in [-0.2, -0.15) is 0 Å². The molecule has 0 radical (unpaired) electrons. The average Bonchev–Trinajstić information content (AvgIpc) is 2.64. The Morgan fingerprint density at radius 2 is 1.70 bits per heavy atom. The molecular formula is C20H27N3O3S. The van der Waals surface area contributed by atoms with Gasteiger partial charge in [0.25, 0.3) is 5.91 Å². The first-order valence-corrected chi connectivity index (χ1v) is 10.6. The molecule has 0 bridgehead atoms. The fraction of sp³-hybridized carbons (Fsp3) is 0.350. The zero-order chi connectivity index (χ0) is 20.0. The Labute approximate surface area is 161 Å². The van der Waals surface area contributed by atoms with E-state index in [-0.39, 0.29) is 5.91 Å². The summed E-state index contributed by atoms with van der Waals surface area (Å²) in [6.07, 6.45) is 1.95. The Kier molecular flexibility index (Phi) is 6.85. The third-order valence-electron chi connectivity index (χ3n) is 4.54. The van der Waals surface area contributed by atoms with Crippen LogP contribution in [-0.2, 0) is 10.0 Å². The Morgan fingerprint density at radius 1 is 1.04 bits per heavy atom. The van der Waals surface area contributed by atoms with E-state index < -0.39 is 10.0 Å². The lowest BCUT2D eigenvalue weighted by molar-refractivity contribution is 0.0953. The summed E-state index contributed by atoms with van der Waals surface area (Å²) >= 11 is 0. The highest BCUT2D eigenvalue weighted by Gasteiger charge is 2.18. The number of para-hydroxylation sites is 1. The van der Waals surface area contributed by atoms with Crippen molar-refractivity contribution in [1.82, 2.24) is 5.32 Å². The fourth-order valence-electron chi connectivity index (χ4n) is 2.81. The van der Waals surface area contributed by atoms with Crippen molar-refractivity contribution >= 4 is 27.3 Å². The molecule has 2 aromatic rings. The summed E-state index contributed by atoms with van der Waals surface area (Å²) in [7, 11) is 0.123. The SMILES string of the molecule is Cc1c(C(=O)NCCCN(C)c2ccccc2)cccc1N(C)S(C)(=O)=O. The molecule has 7 heteroatoms. The third kappa shape index (κ3) is 5.47. The molecule has 2 aromatic carbocycles. The predicted molar refractivity (Wildman–Crippen MR) is 111 cm³/mol. The van der Waals surface area contributed by atoms with Gasteiger partial charge in [-0.25, -0.2) is 8.42 Å². The summed E-state index contributed by atoms with van der Waals surface area (Å²) in [4.78, 5) is 14.6. The number of sulfonamides is 1. The van der Waals surface area contributed by atoms with Crippen LogP contribution in [0.4, 0.5) is 11.4 Å². The van der Waals surface area contributed by atoms with Crippen molar-refractivity contribution in [2.45, 2.75) is 13.3 Å². The van der Waals surface area contributed by atoms with Crippen LogP contribution < -0.4 is 14.5 Å². The number of carbonyl (C=O) groups is 1. The molecule has 0 saturated carbocycles. The van der Waals surface area contributed by atoms with Crippen molar-refractivity contribution < 1.29 is 13.2 Å². The predicted octanol–water partition coefficient (Wildman–Crippen LogP) is 2.65. The van der Waals surface area contributed by atoms with E-state index in [4.69, 9.17) is 0 Å². The zero-order valence-corrected chi connectivity index (χ0v) is 17.1. The highest BCUT2D eigenvalue weighted by Crippen LogP contribution is 2.24. The second kappa shape index (κ2) is 8.90. The molecule has 0 spiro atoms. The normalized spacial score (nSPS) is 11.1. The van der Waals surface area contributed by atoms with Gasteiger partial charge in [0.05, 0.1) is 11.9 Å². The van der Waals surface area contributed by atoms with Crippen LogP contribution in [0.15, 0.2) is 48.5 Å². The van der Waals surface area contributed by atoms with E-state index in [1.54, 1.807) is 25.1 Å². The van der Waals surface area contributed by atoms with Crippen molar-refractivity contribution in [3.05, 3.63) is 59.7 Å². The van der Waals surface area contributed by atoms with Crippen LogP contribution in [0.2, 0.25) is 0 Å². The second-order valence-corrected chi connectivity index (χ2v) is 8.56. The molecule has 6 nitrogen and oxygen atoms in total. The first-order chi connectivity index (χ1) is 12.7. The molecule has 0 unspecified atom stereocenters. The Bertz CT molecular complexity index is 883. The lowest BCUT2D eigenvalue weighted by Crippen LogP contribution is -2.30. The largest absolute Gasteiger partial charge is 0.375 e. The number of hydrogen-bond acceptors (Lipinski definition) is 4. The van der Waals surface area contributed by atoms with Gasteiger partial charge < -0.3 is 10.2 Å². The van der Waals surface area contributed by atoms with Gasteiger partial charge in [-0.15, -0.1) is 0 Å². The Hall–Kier alpha value is -2.54. The minimum Gasteiger partial charge on any atom is -0.375 e. The number of anilines is 2. The lowest BCUT2D eigenvalue weighted by Gasteiger charge is -2.21. The van der Waals surface area contributed by atoms with Crippen LogP contribution in [0.3, 0.4) is 0 Å². The van der Waals surface area contributed by atoms with E-state index >= 15 is 0 Å². The monoisotopic (exact) mass is 389 g/mol. The van der Waals surface area contributed by atoms with Gasteiger partial charge in [-0.05, 0) is 43.2 Å². The molecule has 0 aliphatic carbocycles. The minimum atomic E-state index is -3.38. The minimum absolute atomic E-state index is 0.196. The summed E-state index contributed by atoms with van der Waals surface area (Å²) in [6.45, 7) is 3.12. The molecule has 2 rings (SSSR count). The highest BCUT2D eigenvalue weighted by atomic mass is 32.2. The quantitative estimate of drug-likeness (QED) is 0.705. The number of rotatable bonds is 8. The molecule has 1 amide bonds. The summed E-state index contributed by atoms with van der Waals surface area (Å²) < 4.78 is 24.7. The highest BCUT2D eigenvalue weighted by molar-refractivity contribution is 7.92. The topological polar surface area (TPSA) is 69.7 Å². The summed E-state index contributed by atoms with van der Waals surface area (Å²) in [5.74, 6) is -0.196. The van der Waals surface area contributed by atoms with E-state index in [0.717, 1.165) is 24.9 Å². The van der Waals surface area contributed by atoms with E-state index in [2.05, 4.69) is 10.2 Å². The molecule has 0 heterocycles. The Balaban J connectivity index is 1.95. The van der Waals surface area contributed by atoms with E-state index in [1.165, 1.54) is 11.4 Å². The zero-order valence-electron chi connectivity index (χ0n) is 16.3. The number of amides is 1. The van der Waals surface area contributed by atoms with E-state index in [9.17, 15) is 13.2 Å². The molecule has 146 valence electrons. The number of carbonyl (C=O) groups excluding carboxylic acids is 1. The smallest absolute Gasteiger partial charge is 0.251 e. The van der Waals surface area contributed by atoms with E-state index in [0.29, 0.717) is 23.4 Å². The molecule has 1 N–H and O–H groups in total. The van der Waals surface area contributed by atoms with Crippen molar-refractivity contribution in [2.75, 3.05) is 42.6 Å². The molecule has 0 aliphatic heterocycles. The van der Waals surface area contributed by atoms with Crippen LogP contribution >= 0.6 is 0 Å². The van der Waals surface area contributed by atoms with Crippen LogP contribution in [0.25, 0.3) is 0 Å². The van der Waals surface area contributed by atoms with Crippen LogP contribution in [0, 0.1) is 6.92 Å². The Morgan fingerprint density at radius 3 is 2.33 bits per heavy atom.